The Morgan fingerprint density at radius 3 is 2.40 bits per heavy atom. The number of benzene rings is 1. The van der Waals surface area contributed by atoms with Gasteiger partial charge in [-0.2, -0.15) is 0 Å². The Balaban J connectivity index is 1.66. The van der Waals surface area contributed by atoms with Gasteiger partial charge in [0.1, 0.15) is 28.4 Å². The molecule has 1 spiro atoms. The number of phenolic OH excluding ortho intramolecular Hbond substituents is 1. The minimum Gasteiger partial charge on any atom is -0.506 e. The van der Waals surface area contributed by atoms with E-state index in [4.69, 9.17) is 14.2 Å². The molecule has 9 heteroatoms. The number of hydrogen-bond donors (Lipinski definition) is 3. The number of ether oxygens (including phenoxy) is 3. The maximum atomic E-state index is 14.6. The number of rotatable bonds is 5. The van der Waals surface area contributed by atoms with Gasteiger partial charge in [0.25, 0.3) is 0 Å². The standard InChI is InChI=1S/C33H38O9/c1-15(2)8-9-18-26-17(11-12-30(4,5)40-26)23(34)21-25(36)22-24(35)19-14-20-31(6,7)42-32(28(19)37,13-10-16(3)29(38)39)33(20,22)41-27(18)21/h8,10-12,19-20,22,24,34-35H,9,13-14H2,1-7H3,(H,38,39)/b16-10-/t19-,20-,22?,24-,32-,33-/m0/s1. The summed E-state index contributed by atoms with van der Waals surface area (Å²) >= 11 is 0. The summed E-state index contributed by atoms with van der Waals surface area (Å²) in [7, 11) is 0. The molecule has 3 aliphatic carbocycles. The first-order chi connectivity index (χ1) is 19.5. The van der Waals surface area contributed by atoms with Crippen LogP contribution in [0.3, 0.4) is 0 Å². The van der Waals surface area contributed by atoms with E-state index >= 15 is 0 Å². The molecule has 42 heavy (non-hydrogen) atoms. The number of Topliss-reactive ketones (excluding diaryl/α,β-unsaturated/α-hetero) is 2. The number of fused-ring (bicyclic) bond motifs is 2. The Bertz CT molecular complexity index is 1540. The number of aliphatic hydroxyl groups is 1. The van der Waals surface area contributed by atoms with Crippen molar-refractivity contribution in [2.45, 2.75) is 96.2 Å². The van der Waals surface area contributed by atoms with Crippen LogP contribution < -0.4 is 9.47 Å². The maximum Gasteiger partial charge on any atom is 0.330 e. The second-order valence-corrected chi connectivity index (χ2v) is 13.7. The Morgan fingerprint density at radius 2 is 1.76 bits per heavy atom. The molecule has 4 fully saturated rings. The van der Waals surface area contributed by atoms with Gasteiger partial charge < -0.3 is 29.5 Å². The molecule has 0 radical (unpaired) electrons. The average Bonchev–Trinajstić information content (AvgIpc) is 3.02. The molecule has 0 aromatic heterocycles. The van der Waals surface area contributed by atoms with Gasteiger partial charge in [-0.25, -0.2) is 4.79 Å². The van der Waals surface area contributed by atoms with Crippen LogP contribution in [0.15, 0.2) is 29.4 Å². The number of carboxylic acids is 1. The zero-order chi connectivity index (χ0) is 30.7. The van der Waals surface area contributed by atoms with Crippen molar-refractivity contribution >= 4 is 23.6 Å². The van der Waals surface area contributed by atoms with E-state index in [2.05, 4.69) is 0 Å². The van der Waals surface area contributed by atoms with Crippen molar-refractivity contribution in [3.05, 3.63) is 46.1 Å². The number of carboxylic acid groups (broad SMARTS) is 1. The topological polar surface area (TPSA) is 140 Å². The molecule has 1 saturated heterocycles. The van der Waals surface area contributed by atoms with E-state index in [1.165, 1.54) is 13.0 Å². The molecule has 0 amide bonds. The van der Waals surface area contributed by atoms with Crippen LogP contribution in [-0.2, 0) is 20.7 Å². The molecule has 1 aromatic rings. The van der Waals surface area contributed by atoms with Crippen LogP contribution >= 0.6 is 0 Å². The fourth-order valence-electron chi connectivity index (χ4n) is 8.04. The first-order valence-corrected chi connectivity index (χ1v) is 14.5. The average molecular weight is 579 g/mol. The number of phenols is 1. The summed E-state index contributed by atoms with van der Waals surface area (Å²) in [4.78, 5) is 40.6. The van der Waals surface area contributed by atoms with Crippen molar-refractivity contribution in [1.29, 1.82) is 0 Å². The van der Waals surface area contributed by atoms with E-state index in [0.717, 1.165) is 5.57 Å². The van der Waals surface area contributed by atoms with Gasteiger partial charge >= 0.3 is 5.97 Å². The highest BCUT2D eigenvalue weighted by atomic mass is 16.6. The van der Waals surface area contributed by atoms with E-state index in [-0.39, 0.29) is 35.5 Å². The highest BCUT2D eigenvalue weighted by Crippen LogP contribution is 2.70. The van der Waals surface area contributed by atoms with Crippen LogP contribution in [0.2, 0.25) is 0 Å². The summed E-state index contributed by atoms with van der Waals surface area (Å²) in [5, 5.41) is 32.7. The van der Waals surface area contributed by atoms with Gasteiger partial charge in [-0.3, -0.25) is 9.59 Å². The van der Waals surface area contributed by atoms with Crippen LogP contribution in [-0.4, -0.2) is 61.4 Å². The molecule has 4 bridgehead atoms. The minimum absolute atomic E-state index is 0.0258. The SMILES string of the molecule is CC(C)=CCc1c2c(c(O)c3c1O[C@]14C(C3=O)[C@@H](O)[C@@H]3C[C@H]1C(C)(C)O[C@@]4(C/C=C(/C)C(=O)O)C3=O)C=CC(C)(C)O2. The lowest BCUT2D eigenvalue weighted by molar-refractivity contribution is -0.220. The summed E-state index contributed by atoms with van der Waals surface area (Å²) in [5.74, 6) is -4.44. The number of carbonyl (C=O) groups excluding carboxylic acids is 2. The largest absolute Gasteiger partial charge is 0.506 e. The molecule has 3 aliphatic heterocycles. The highest BCUT2D eigenvalue weighted by Gasteiger charge is 2.85. The Labute approximate surface area is 244 Å². The number of allylic oxidation sites excluding steroid dienone is 2. The number of aliphatic carboxylic acids is 1. The molecule has 6 aliphatic rings. The van der Waals surface area contributed by atoms with Gasteiger partial charge in [0.2, 0.25) is 0 Å². The molecule has 9 nitrogen and oxygen atoms in total. The second-order valence-electron chi connectivity index (χ2n) is 13.7. The van der Waals surface area contributed by atoms with Crippen molar-refractivity contribution < 1.29 is 43.9 Å². The van der Waals surface area contributed by atoms with E-state index in [9.17, 15) is 29.7 Å². The van der Waals surface area contributed by atoms with Gasteiger partial charge in [-0.05, 0) is 73.5 Å². The molecule has 224 valence electrons. The number of hydrogen-bond acceptors (Lipinski definition) is 8. The van der Waals surface area contributed by atoms with Crippen molar-refractivity contribution in [2.24, 2.45) is 17.8 Å². The van der Waals surface area contributed by atoms with E-state index in [1.54, 1.807) is 12.2 Å². The van der Waals surface area contributed by atoms with E-state index < -0.39 is 63.8 Å². The molecule has 6 atom stereocenters. The van der Waals surface area contributed by atoms with Crippen LogP contribution in [0.1, 0.15) is 82.8 Å². The monoisotopic (exact) mass is 578 g/mol. The first kappa shape index (κ1) is 28.7. The maximum absolute atomic E-state index is 14.6. The lowest BCUT2D eigenvalue weighted by atomic mass is 9.45. The Hall–Kier alpha value is -3.43. The van der Waals surface area contributed by atoms with Crippen molar-refractivity contribution in [3.8, 4) is 17.2 Å². The summed E-state index contributed by atoms with van der Waals surface area (Å²) in [5.41, 5.74) is -3.09. The van der Waals surface area contributed by atoms with Gasteiger partial charge in [0, 0.05) is 29.4 Å². The molecule has 1 unspecified atom stereocenters. The predicted molar refractivity (Wildman–Crippen MR) is 153 cm³/mol. The van der Waals surface area contributed by atoms with E-state index in [0.29, 0.717) is 23.3 Å². The lowest BCUT2D eigenvalue weighted by Crippen LogP contribution is -2.80. The highest BCUT2D eigenvalue weighted by molar-refractivity contribution is 6.10. The zero-order valence-electron chi connectivity index (χ0n) is 25.0. The Morgan fingerprint density at radius 1 is 1.07 bits per heavy atom. The van der Waals surface area contributed by atoms with Crippen LogP contribution in [0.25, 0.3) is 6.08 Å². The van der Waals surface area contributed by atoms with Crippen LogP contribution in [0.4, 0.5) is 0 Å². The first-order valence-electron chi connectivity index (χ1n) is 14.5. The quantitative estimate of drug-likeness (QED) is 0.339. The number of ketones is 2. The van der Waals surface area contributed by atoms with Gasteiger partial charge in [0.05, 0.1) is 23.2 Å². The number of aromatic hydroxyl groups is 1. The molecule has 3 N–H and O–H groups in total. The third kappa shape index (κ3) is 3.52. The molecular formula is C33H38O9. The molecule has 1 aromatic carbocycles. The van der Waals surface area contributed by atoms with Crippen LogP contribution in [0, 0.1) is 17.8 Å². The summed E-state index contributed by atoms with van der Waals surface area (Å²) in [6.45, 7) is 12.8. The number of aliphatic hydroxyl groups excluding tert-OH is 1. The second kappa shape index (κ2) is 8.80. The number of carbonyl (C=O) groups is 3. The van der Waals surface area contributed by atoms with Gasteiger partial charge in [-0.1, -0.05) is 17.7 Å². The molecular weight excluding hydrogens is 540 g/mol. The zero-order valence-corrected chi connectivity index (χ0v) is 25.0. The minimum atomic E-state index is -1.72. The summed E-state index contributed by atoms with van der Waals surface area (Å²) in [6, 6.07) is 0. The fraction of sp³-hybridized carbons (Fsp3) is 0.545. The van der Waals surface area contributed by atoms with Crippen molar-refractivity contribution in [3.63, 3.8) is 0 Å². The van der Waals surface area contributed by atoms with Gasteiger partial charge in [0.15, 0.2) is 22.8 Å². The molecule has 7 rings (SSSR count). The normalized spacial score (nSPS) is 34.6. The van der Waals surface area contributed by atoms with E-state index in [1.807, 2.05) is 47.6 Å². The molecule has 3 heterocycles. The smallest absolute Gasteiger partial charge is 0.330 e. The van der Waals surface area contributed by atoms with Crippen molar-refractivity contribution in [1.82, 2.24) is 0 Å². The summed E-state index contributed by atoms with van der Waals surface area (Å²) in [6.07, 6.45) is 6.03. The van der Waals surface area contributed by atoms with Crippen LogP contribution in [0.5, 0.6) is 17.2 Å². The Kier molecular flexibility index (Phi) is 6.01. The van der Waals surface area contributed by atoms with Crippen molar-refractivity contribution in [2.75, 3.05) is 0 Å². The third-order valence-electron chi connectivity index (χ3n) is 9.94. The predicted octanol–water partition coefficient (Wildman–Crippen LogP) is 4.56. The third-order valence-corrected chi connectivity index (χ3v) is 9.94. The lowest BCUT2D eigenvalue weighted by Gasteiger charge is -2.62. The summed E-state index contributed by atoms with van der Waals surface area (Å²) < 4.78 is 20.0. The molecule has 3 saturated carbocycles. The fourth-order valence-corrected chi connectivity index (χ4v) is 8.04. The van der Waals surface area contributed by atoms with Gasteiger partial charge in [-0.15, -0.1) is 0 Å².